The summed E-state index contributed by atoms with van der Waals surface area (Å²) in [6.45, 7) is 6.73. The maximum absolute atomic E-state index is 12.9. The Morgan fingerprint density at radius 3 is 2.51 bits per heavy atom. The molecule has 0 spiro atoms. The van der Waals surface area contributed by atoms with Gasteiger partial charge >= 0.3 is 0 Å². The number of para-hydroxylation sites is 2. The second kappa shape index (κ2) is 10.8. The number of amides is 1. The maximum atomic E-state index is 12.9. The molecule has 180 valence electrons. The second-order valence-electron chi connectivity index (χ2n) is 7.90. The number of nitrogens with one attached hydrogen (secondary N) is 1. The van der Waals surface area contributed by atoms with E-state index in [1.165, 1.54) is 0 Å². The number of carbonyl (C=O) groups is 1. The smallest absolute Gasteiger partial charge is 0.248 e. The van der Waals surface area contributed by atoms with Crippen molar-refractivity contribution in [3.05, 3.63) is 78.6 Å². The second-order valence-corrected chi connectivity index (χ2v) is 7.90. The van der Waals surface area contributed by atoms with Crippen LogP contribution >= 0.6 is 0 Å². The highest BCUT2D eigenvalue weighted by molar-refractivity contribution is 6.06. The van der Waals surface area contributed by atoms with E-state index in [0.29, 0.717) is 36.0 Å². The van der Waals surface area contributed by atoms with Crippen molar-refractivity contribution in [2.24, 2.45) is 0 Å². The predicted molar refractivity (Wildman–Crippen MR) is 139 cm³/mol. The molecule has 0 aliphatic heterocycles. The summed E-state index contributed by atoms with van der Waals surface area (Å²) >= 11 is 0. The molecule has 35 heavy (non-hydrogen) atoms. The molecule has 1 N–H and O–H groups in total. The van der Waals surface area contributed by atoms with Crippen LogP contribution < -0.4 is 19.5 Å². The average molecular weight is 472 g/mol. The number of fused-ring (bicyclic) bond motifs is 1. The van der Waals surface area contributed by atoms with Crippen molar-refractivity contribution in [1.82, 2.24) is 0 Å². The summed E-state index contributed by atoms with van der Waals surface area (Å²) < 4.78 is 22.8. The minimum atomic E-state index is -0.252. The van der Waals surface area contributed by atoms with Gasteiger partial charge in [0.25, 0.3) is 0 Å². The number of methoxy groups -OCH3 is 1. The van der Waals surface area contributed by atoms with Gasteiger partial charge in [-0.3, -0.25) is 4.79 Å². The zero-order valence-corrected chi connectivity index (χ0v) is 20.4. The predicted octanol–water partition coefficient (Wildman–Crippen LogP) is 6.95. The van der Waals surface area contributed by atoms with Crippen LogP contribution in [0.2, 0.25) is 0 Å². The van der Waals surface area contributed by atoms with Crippen molar-refractivity contribution in [2.45, 2.75) is 20.8 Å². The molecular weight excluding hydrogens is 442 g/mol. The van der Waals surface area contributed by atoms with Crippen molar-refractivity contribution in [3.63, 3.8) is 0 Å². The van der Waals surface area contributed by atoms with Gasteiger partial charge in [-0.15, -0.1) is 0 Å². The minimum absolute atomic E-state index is 0.252. The van der Waals surface area contributed by atoms with E-state index in [-0.39, 0.29) is 5.91 Å². The van der Waals surface area contributed by atoms with Gasteiger partial charge in [-0.2, -0.15) is 0 Å². The van der Waals surface area contributed by atoms with Gasteiger partial charge in [0.1, 0.15) is 22.8 Å². The molecule has 0 aliphatic carbocycles. The Kier molecular flexibility index (Phi) is 7.41. The summed E-state index contributed by atoms with van der Waals surface area (Å²) in [6, 6.07) is 19.1. The normalized spacial score (nSPS) is 11.4. The van der Waals surface area contributed by atoms with E-state index in [4.69, 9.17) is 18.6 Å². The van der Waals surface area contributed by atoms with Crippen LogP contribution in [0.4, 0.5) is 5.69 Å². The van der Waals surface area contributed by atoms with Crippen LogP contribution in [-0.2, 0) is 4.79 Å². The van der Waals surface area contributed by atoms with E-state index in [2.05, 4.69) is 5.32 Å². The molecule has 0 atom stereocenters. The van der Waals surface area contributed by atoms with Crippen LogP contribution in [0.25, 0.3) is 27.7 Å². The molecule has 6 nitrogen and oxygen atoms in total. The van der Waals surface area contributed by atoms with Crippen LogP contribution in [-0.4, -0.2) is 26.2 Å². The fraction of sp³-hybridized carbons (Fsp3) is 0.207. The first-order chi connectivity index (χ1) is 17.0. The van der Waals surface area contributed by atoms with Gasteiger partial charge in [-0.1, -0.05) is 24.3 Å². The summed E-state index contributed by atoms with van der Waals surface area (Å²) in [4.78, 5) is 12.9. The first-order valence-electron chi connectivity index (χ1n) is 11.6. The molecule has 4 rings (SSSR count). The first kappa shape index (κ1) is 24.0. The molecule has 0 fully saturated rings. The third kappa shape index (κ3) is 5.32. The summed E-state index contributed by atoms with van der Waals surface area (Å²) in [6.07, 6.45) is 3.30. The Bertz CT molecular complexity index is 1370. The lowest BCUT2D eigenvalue weighted by Gasteiger charge is -2.13. The Balaban J connectivity index is 1.71. The minimum Gasteiger partial charge on any atom is -0.497 e. The molecule has 3 aromatic carbocycles. The zero-order valence-electron chi connectivity index (χ0n) is 20.4. The number of ether oxygens (including phenoxy) is 3. The Morgan fingerprint density at radius 1 is 0.971 bits per heavy atom. The summed E-state index contributed by atoms with van der Waals surface area (Å²) in [5.74, 6) is 1.80. The largest absolute Gasteiger partial charge is 0.497 e. The van der Waals surface area contributed by atoms with Crippen molar-refractivity contribution >= 4 is 28.1 Å². The quantitative estimate of drug-likeness (QED) is 0.268. The Hall–Kier alpha value is -4.19. The summed E-state index contributed by atoms with van der Waals surface area (Å²) in [5, 5.41) is 3.84. The van der Waals surface area contributed by atoms with Crippen molar-refractivity contribution in [3.8, 4) is 28.4 Å². The average Bonchev–Trinajstić information content (AvgIpc) is 3.28. The Labute approximate surface area is 205 Å². The maximum Gasteiger partial charge on any atom is 0.248 e. The van der Waals surface area contributed by atoms with Gasteiger partial charge in [-0.25, -0.2) is 0 Å². The van der Waals surface area contributed by atoms with Gasteiger partial charge in [-0.05, 0) is 62.2 Å². The number of carbonyl (C=O) groups excluding carboxylic acids is 1. The third-order valence-corrected chi connectivity index (χ3v) is 5.57. The number of benzene rings is 3. The molecule has 1 heterocycles. The molecule has 0 bridgehead atoms. The van der Waals surface area contributed by atoms with Crippen LogP contribution in [0.1, 0.15) is 26.3 Å². The number of hydrogen-bond donors (Lipinski definition) is 1. The Morgan fingerprint density at radius 2 is 1.74 bits per heavy atom. The molecule has 0 radical (unpaired) electrons. The standard InChI is InChI=1S/C29H29NO5/c1-5-33-26-13-8-7-12-25(26)30-29(31)14-19(3)22-16-23-24(20-10-9-11-21(15-20)32-4)18-35-28(23)17-27(22)34-6-2/h7-18H,5-6H2,1-4H3,(H,30,31)/b19-14+. The lowest BCUT2D eigenvalue weighted by Crippen LogP contribution is -2.10. The van der Waals surface area contributed by atoms with E-state index >= 15 is 0 Å². The fourth-order valence-corrected chi connectivity index (χ4v) is 3.95. The highest BCUT2D eigenvalue weighted by Gasteiger charge is 2.16. The van der Waals surface area contributed by atoms with Crippen LogP contribution in [0, 0.1) is 0 Å². The van der Waals surface area contributed by atoms with E-state index in [1.807, 2.05) is 81.4 Å². The molecule has 0 unspecified atom stereocenters. The first-order valence-corrected chi connectivity index (χ1v) is 11.6. The van der Waals surface area contributed by atoms with Crippen molar-refractivity contribution < 1.29 is 23.4 Å². The number of anilines is 1. The highest BCUT2D eigenvalue weighted by atomic mass is 16.5. The highest BCUT2D eigenvalue weighted by Crippen LogP contribution is 2.38. The fourth-order valence-electron chi connectivity index (χ4n) is 3.95. The lowest BCUT2D eigenvalue weighted by molar-refractivity contribution is -0.111. The van der Waals surface area contributed by atoms with E-state index in [0.717, 1.165) is 33.4 Å². The van der Waals surface area contributed by atoms with E-state index in [1.54, 1.807) is 19.4 Å². The van der Waals surface area contributed by atoms with E-state index in [9.17, 15) is 4.79 Å². The molecule has 0 saturated heterocycles. The number of rotatable bonds is 9. The lowest BCUT2D eigenvalue weighted by atomic mass is 9.99. The van der Waals surface area contributed by atoms with Crippen LogP contribution in [0.15, 0.2) is 77.4 Å². The number of hydrogen-bond acceptors (Lipinski definition) is 5. The number of furan rings is 1. The molecule has 4 aromatic rings. The van der Waals surface area contributed by atoms with Gasteiger partial charge < -0.3 is 23.9 Å². The van der Waals surface area contributed by atoms with Gasteiger partial charge in [0.15, 0.2) is 0 Å². The monoisotopic (exact) mass is 471 g/mol. The molecule has 0 saturated carbocycles. The third-order valence-electron chi connectivity index (χ3n) is 5.57. The molecular formula is C29H29NO5. The molecule has 0 aliphatic rings. The molecule has 1 aromatic heterocycles. The molecule has 6 heteroatoms. The van der Waals surface area contributed by atoms with Crippen LogP contribution in [0.3, 0.4) is 0 Å². The van der Waals surface area contributed by atoms with Crippen molar-refractivity contribution in [1.29, 1.82) is 0 Å². The topological polar surface area (TPSA) is 69.9 Å². The van der Waals surface area contributed by atoms with Gasteiger partial charge in [0.05, 0.1) is 32.3 Å². The zero-order chi connectivity index (χ0) is 24.8. The number of allylic oxidation sites excluding steroid dienone is 1. The van der Waals surface area contributed by atoms with Crippen molar-refractivity contribution in [2.75, 3.05) is 25.6 Å². The SMILES string of the molecule is CCOc1ccccc1NC(=O)/C=C(\C)c1cc2c(-c3cccc(OC)c3)coc2cc1OCC. The van der Waals surface area contributed by atoms with Crippen LogP contribution in [0.5, 0.6) is 17.2 Å². The summed E-state index contributed by atoms with van der Waals surface area (Å²) in [5.41, 5.74) is 4.82. The van der Waals surface area contributed by atoms with Gasteiger partial charge in [0, 0.05) is 28.7 Å². The van der Waals surface area contributed by atoms with E-state index < -0.39 is 0 Å². The summed E-state index contributed by atoms with van der Waals surface area (Å²) in [7, 11) is 1.64. The van der Waals surface area contributed by atoms with Gasteiger partial charge in [0.2, 0.25) is 5.91 Å². The molecule has 1 amide bonds.